The molecule has 1 amide bonds. The number of rotatable bonds is 6. The third kappa shape index (κ3) is 4.95. The second-order valence-corrected chi connectivity index (χ2v) is 10.8. The Labute approximate surface area is 207 Å². The van der Waals surface area contributed by atoms with Crippen molar-refractivity contribution in [2.45, 2.75) is 51.6 Å². The summed E-state index contributed by atoms with van der Waals surface area (Å²) < 4.78 is 6.07. The van der Waals surface area contributed by atoms with Gasteiger partial charge in [0.15, 0.2) is 0 Å². The number of likely N-dealkylation sites (tertiary alicyclic amines) is 2. The number of amides is 1. The normalized spacial score (nSPS) is 20.8. The van der Waals surface area contributed by atoms with Crippen LogP contribution in [0.3, 0.4) is 0 Å². The van der Waals surface area contributed by atoms with Gasteiger partial charge in [0.25, 0.3) is 0 Å². The average molecular weight is 477 g/mol. The third-order valence-electron chi connectivity index (χ3n) is 7.70. The van der Waals surface area contributed by atoms with E-state index in [2.05, 4.69) is 63.1 Å². The zero-order valence-electron chi connectivity index (χ0n) is 21.3. The summed E-state index contributed by atoms with van der Waals surface area (Å²) >= 11 is 0. The fraction of sp³-hybridized carbons (Fsp3) is 0.556. The Balaban J connectivity index is 1.30. The van der Waals surface area contributed by atoms with E-state index in [4.69, 9.17) is 4.42 Å². The van der Waals surface area contributed by atoms with Crippen molar-refractivity contribution in [3.8, 4) is 0 Å². The number of hydrogen-bond acceptors (Lipinski definition) is 7. The second kappa shape index (κ2) is 9.66. The maximum Gasteiger partial charge on any atom is 0.236 e. The standard InChI is InChI=1S/C27H36N6O2/c1-19(2)25-29-30-26(35-25)22-15-27(18-33(22)17-23(34)31(3)4)10-13-32(14-11-27)16-21-8-5-7-20-9-6-12-28-24(20)21/h5-9,12,19,22H,10-11,13-18H2,1-4H3. The van der Waals surface area contributed by atoms with Gasteiger partial charge in [-0.2, -0.15) is 0 Å². The van der Waals surface area contributed by atoms with Crippen molar-refractivity contribution in [1.29, 1.82) is 0 Å². The Morgan fingerprint density at radius 2 is 1.94 bits per heavy atom. The first-order valence-electron chi connectivity index (χ1n) is 12.7. The van der Waals surface area contributed by atoms with Crippen LogP contribution in [0.2, 0.25) is 0 Å². The highest BCUT2D eigenvalue weighted by atomic mass is 16.4. The highest BCUT2D eigenvalue weighted by Crippen LogP contribution is 2.49. The number of carbonyl (C=O) groups excluding carboxylic acids is 1. The summed E-state index contributed by atoms with van der Waals surface area (Å²) in [6.07, 6.45) is 5.03. The summed E-state index contributed by atoms with van der Waals surface area (Å²) in [5.41, 5.74) is 2.55. The molecule has 5 rings (SSSR count). The van der Waals surface area contributed by atoms with Crippen molar-refractivity contribution < 1.29 is 9.21 Å². The van der Waals surface area contributed by atoms with Gasteiger partial charge in [0.2, 0.25) is 17.7 Å². The van der Waals surface area contributed by atoms with Crippen LogP contribution in [0.25, 0.3) is 10.9 Å². The molecule has 3 aromatic rings. The molecule has 0 N–H and O–H groups in total. The molecular weight excluding hydrogens is 440 g/mol. The fourth-order valence-electron chi connectivity index (χ4n) is 5.57. The molecule has 2 aliphatic heterocycles. The van der Waals surface area contributed by atoms with Crippen LogP contribution in [-0.4, -0.2) is 76.1 Å². The van der Waals surface area contributed by atoms with E-state index in [1.807, 2.05) is 26.4 Å². The monoisotopic (exact) mass is 476 g/mol. The van der Waals surface area contributed by atoms with Crippen LogP contribution in [-0.2, 0) is 11.3 Å². The number of fused-ring (bicyclic) bond motifs is 1. The lowest BCUT2D eigenvalue weighted by Gasteiger charge is -2.39. The van der Waals surface area contributed by atoms with E-state index in [-0.39, 0.29) is 23.3 Å². The van der Waals surface area contributed by atoms with Crippen molar-refractivity contribution in [2.75, 3.05) is 40.3 Å². The van der Waals surface area contributed by atoms with Crippen molar-refractivity contribution >= 4 is 16.8 Å². The van der Waals surface area contributed by atoms with Crippen LogP contribution < -0.4 is 0 Å². The quantitative estimate of drug-likeness (QED) is 0.535. The van der Waals surface area contributed by atoms with Gasteiger partial charge in [-0.25, -0.2) is 0 Å². The van der Waals surface area contributed by atoms with Crippen LogP contribution >= 0.6 is 0 Å². The van der Waals surface area contributed by atoms with Crippen molar-refractivity contribution in [3.05, 3.63) is 53.9 Å². The highest BCUT2D eigenvalue weighted by molar-refractivity contribution is 5.81. The van der Waals surface area contributed by atoms with Gasteiger partial charge in [0.1, 0.15) is 0 Å². The molecule has 1 aromatic carbocycles. The molecule has 0 radical (unpaired) electrons. The van der Waals surface area contributed by atoms with Crippen LogP contribution in [0.4, 0.5) is 0 Å². The molecule has 35 heavy (non-hydrogen) atoms. The SMILES string of the molecule is CC(C)c1nnc(C2CC3(CCN(Cc4cccc5cccnc45)CC3)CN2CC(=O)N(C)C)o1. The molecule has 1 spiro atoms. The number of carbonyl (C=O) groups is 1. The summed E-state index contributed by atoms with van der Waals surface area (Å²) in [6.45, 7) is 8.37. The van der Waals surface area contributed by atoms with Gasteiger partial charge < -0.3 is 9.32 Å². The minimum Gasteiger partial charge on any atom is -0.423 e. The van der Waals surface area contributed by atoms with Crippen molar-refractivity contribution in [3.63, 3.8) is 0 Å². The number of para-hydroxylation sites is 1. The molecule has 4 heterocycles. The van der Waals surface area contributed by atoms with Crippen LogP contribution in [0, 0.1) is 5.41 Å². The lowest BCUT2D eigenvalue weighted by atomic mass is 9.76. The average Bonchev–Trinajstić information content (AvgIpc) is 3.46. The van der Waals surface area contributed by atoms with Crippen LogP contribution in [0.15, 0.2) is 40.9 Å². The number of piperidine rings is 1. The predicted octanol–water partition coefficient (Wildman–Crippen LogP) is 3.86. The summed E-state index contributed by atoms with van der Waals surface area (Å²) in [5, 5.41) is 9.87. The third-order valence-corrected chi connectivity index (χ3v) is 7.70. The molecule has 8 heteroatoms. The van der Waals surface area contributed by atoms with E-state index >= 15 is 0 Å². The number of nitrogens with zero attached hydrogens (tertiary/aromatic N) is 6. The van der Waals surface area contributed by atoms with Crippen LogP contribution in [0.5, 0.6) is 0 Å². The largest absolute Gasteiger partial charge is 0.423 e. The fourth-order valence-corrected chi connectivity index (χ4v) is 5.57. The summed E-state index contributed by atoms with van der Waals surface area (Å²) in [5.74, 6) is 1.62. The van der Waals surface area contributed by atoms with Crippen LogP contribution in [0.1, 0.15) is 62.4 Å². The van der Waals surface area contributed by atoms with E-state index in [0.29, 0.717) is 18.3 Å². The first-order chi connectivity index (χ1) is 16.8. The molecule has 0 bridgehead atoms. The molecule has 0 saturated carbocycles. The first-order valence-corrected chi connectivity index (χ1v) is 12.7. The Bertz CT molecular complexity index is 1180. The Morgan fingerprint density at radius 3 is 2.66 bits per heavy atom. The number of hydrogen-bond donors (Lipinski definition) is 0. The van der Waals surface area contributed by atoms with E-state index in [0.717, 1.165) is 51.0 Å². The summed E-state index contributed by atoms with van der Waals surface area (Å²) in [7, 11) is 3.63. The lowest BCUT2D eigenvalue weighted by Crippen LogP contribution is -2.42. The molecule has 2 fully saturated rings. The number of likely N-dealkylation sites (N-methyl/N-ethyl adjacent to an activating group) is 1. The smallest absolute Gasteiger partial charge is 0.236 e. The van der Waals surface area contributed by atoms with Gasteiger partial charge in [-0.05, 0) is 49.4 Å². The Hall–Kier alpha value is -2.84. The minimum atomic E-state index is -0.00674. The molecule has 8 nitrogen and oxygen atoms in total. The highest BCUT2D eigenvalue weighted by Gasteiger charge is 2.48. The molecule has 1 unspecified atom stereocenters. The molecule has 186 valence electrons. The van der Waals surface area contributed by atoms with E-state index < -0.39 is 0 Å². The Morgan fingerprint density at radius 1 is 1.17 bits per heavy atom. The van der Waals surface area contributed by atoms with Crippen molar-refractivity contribution in [2.24, 2.45) is 5.41 Å². The minimum absolute atomic E-state index is 0.00674. The summed E-state index contributed by atoms with van der Waals surface area (Å²) in [4.78, 5) is 23.7. The molecule has 2 saturated heterocycles. The van der Waals surface area contributed by atoms with E-state index in [9.17, 15) is 4.79 Å². The van der Waals surface area contributed by atoms with Crippen molar-refractivity contribution in [1.82, 2.24) is 29.9 Å². The van der Waals surface area contributed by atoms with E-state index in [1.165, 1.54) is 10.9 Å². The molecule has 2 aromatic heterocycles. The van der Waals surface area contributed by atoms with Gasteiger partial charge >= 0.3 is 0 Å². The first kappa shape index (κ1) is 23.9. The maximum absolute atomic E-state index is 12.6. The zero-order valence-corrected chi connectivity index (χ0v) is 21.3. The number of benzene rings is 1. The number of pyridine rings is 1. The Kier molecular flexibility index (Phi) is 6.59. The van der Waals surface area contributed by atoms with Gasteiger partial charge in [0.05, 0.1) is 18.1 Å². The zero-order chi connectivity index (χ0) is 24.6. The topological polar surface area (TPSA) is 78.6 Å². The van der Waals surface area contributed by atoms with Gasteiger partial charge in [-0.15, -0.1) is 10.2 Å². The van der Waals surface area contributed by atoms with Gasteiger partial charge in [-0.1, -0.05) is 38.1 Å². The molecule has 0 aliphatic carbocycles. The molecular formula is C27H36N6O2. The molecule has 2 aliphatic rings. The molecule has 1 atom stereocenters. The van der Waals surface area contributed by atoms with Gasteiger partial charge in [-0.3, -0.25) is 19.6 Å². The number of aromatic nitrogens is 3. The van der Waals surface area contributed by atoms with Gasteiger partial charge in [0, 0.05) is 44.7 Å². The lowest BCUT2D eigenvalue weighted by molar-refractivity contribution is -0.130. The predicted molar refractivity (Wildman–Crippen MR) is 135 cm³/mol. The van der Waals surface area contributed by atoms with E-state index in [1.54, 1.807) is 4.90 Å². The summed E-state index contributed by atoms with van der Waals surface area (Å²) in [6, 6.07) is 10.6. The maximum atomic E-state index is 12.6. The second-order valence-electron chi connectivity index (χ2n) is 10.8.